The summed E-state index contributed by atoms with van der Waals surface area (Å²) in [5.41, 5.74) is 0.245. The third-order valence-corrected chi connectivity index (χ3v) is 3.38. The number of hydrogen-bond acceptors (Lipinski definition) is 2. The Morgan fingerprint density at radius 1 is 1.08 bits per heavy atom. The van der Waals surface area contributed by atoms with Gasteiger partial charge in [0, 0.05) is 0 Å². The topological polar surface area (TPSA) is 40.5 Å². The number of hydrogen-bond donors (Lipinski definition) is 2. The molecule has 0 spiro atoms. The molecule has 0 saturated heterocycles. The number of rotatable bonds is 0. The van der Waals surface area contributed by atoms with Crippen LogP contribution in [0, 0.1) is 17.3 Å². The molecule has 2 heteroatoms. The zero-order chi connectivity index (χ0) is 10.2. The molecule has 2 N–H and O–H groups in total. The lowest BCUT2D eigenvalue weighted by Crippen LogP contribution is -2.43. The standard InChI is InChI=1S/C11H22O2/c1-7-5-8(11(2,3)4)6-9(12)10(7)13/h7-10,12-13H,5-6H2,1-4H3. The van der Waals surface area contributed by atoms with Gasteiger partial charge < -0.3 is 10.2 Å². The molecule has 1 fully saturated rings. The maximum Gasteiger partial charge on any atom is 0.0824 e. The number of aliphatic hydroxyl groups excluding tert-OH is 2. The summed E-state index contributed by atoms with van der Waals surface area (Å²) in [6.45, 7) is 8.63. The Labute approximate surface area is 81.0 Å². The van der Waals surface area contributed by atoms with Crippen molar-refractivity contribution >= 4 is 0 Å². The SMILES string of the molecule is CC1CC(C(C)(C)C)CC(O)C1O. The Bertz CT molecular complexity index is 159. The molecule has 2 nitrogen and oxygen atoms in total. The zero-order valence-electron chi connectivity index (χ0n) is 9.12. The second-order valence-corrected chi connectivity index (χ2v) is 5.57. The van der Waals surface area contributed by atoms with E-state index in [0.29, 0.717) is 5.92 Å². The summed E-state index contributed by atoms with van der Waals surface area (Å²) < 4.78 is 0. The van der Waals surface area contributed by atoms with Crippen LogP contribution in [0.1, 0.15) is 40.5 Å². The van der Waals surface area contributed by atoms with Gasteiger partial charge in [0.15, 0.2) is 0 Å². The fourth-order valence-electron chi connectivity index (χ4n) is 2.20. The van der Waals surface area contributed by atoms with Gasteiger partial charge in [-0.05, 0) is 30.1 Å². The predicted octanol–water partition coefficient (Wildman–Crippen LogP) is 1.80. The highest BCUT2D eigenvalue weighted by Gasteiger charge is 2.37. The van der Waals surface area contributed by atoms with E-state index in [1.807, 2.05) is 6.92 Å². The second-order valence-electron chi connectivity index (χ2n) is 5.57. The third kappa shape index (κ3) is 2.44. The molecule has 0 bridgehead atoms. The molecule has 0 heterocycles. The van der Waals surface area contributed by atoms with Crippen molar-refractivity contribution in [2.45, 2.75) is 52.7 Å². The van der Waals surface area contributed by atoms with E-state index in [4.69, 9.17) is 0 Å². The molecule has 78 valence electrons. The molecule has 1 rings (SSSR count). The lowest BCUT2D eigenvalue weighted by molar-refractivity contribution is -0.0732. The van der Waals surface area contributed by atoms with Crippen LogP contribution in [0.25, 0.3) is 0 Å². The summed E-state index contributed by atoms with van der Waals surface area (Å²) in [5, 5.41) is 19.2. The molecular formula is C11H22O2. The van der Waals surface area contributed by atoms with Gasteiger partial charge in [-0.15, -0.1) is 0 Å². The van der Waals surface area contributed by atoms with Gasteiger partial charge in [0.05, 0.1) is 12.2 Å². The van der Waals surface area contributed by atoms with Gasteiger partial charge in [-0.25, -0.2) is 0 Å². The van der Waals surface area contributed by atoms with E-state index in [-0.39, 0.29) is 11.3 Å². The van der Waals surface area contributed by atoms with Crippen LogP contribution in [0.3, 0.4) is 0 Å². The fraction of sp³-hybridized carbons (Fsp3) is 1.00. The van der Waals surface area contributed by atoms with Crippen LogP contribution < -0.4 is 0 Å². The molecule has 1 aliphatic rings. The van der Waals surface area contributed by atoms with Crippen LogP contribution >= 0.6 is 0 Å². The van der Waals surface area contributed by atoms with E-state index in [9.17, 15) is 10.2 Å². The van der Waals surface area contributed by atoms with Gasteiger partial charge in [-0.3, -0.25) is 0 Å². The molecule has 1 saturated carbocycles. The highest BCUT2D eigenvalue weighted by atomic mass is 16.3. The molecule has 0 aromatic carbocycles. The van der Waals surface area contributed by atoms with Crippen molar-refractivity contribution in [1.82, 2.24) is 0 Å². The molecule has 0 radical (unpaired) electrons. The summed E-state index contributed by atoms with van der Waals surface area (Å²) in [5.74, 6) is 0.758. The smallest absolute Gasteiger partial charge is 0.0824 e. The quantitative estimate of drug-likeness (QED) is 0.605. The Morgan fingerprint density at radius 3 is 2.00 bits per heavy atom. The molecule has 4 atom stereocenters. The van der Waals surface area contributed by atoms with Crippen LogP contribution in [-0.4, -0.2) is 22.4 Å². The molecule has 0 aliphatic heterocycles. The molecule has 0 amide bonds. The van der Waals surface area contributed by atoms with E-state index in [1.54, 1.807) is 0 Å². The average Bonchev–Trinajstić information content (AvgIpc) is 1.97. The fourth-order valence-corrected chi connectivity index (χ4v) is 2.20. The van der Waals surface area contributed by atoms with Gasteiger partial charge in [0.25, 0.3) is 0 Å². The minimum atomic E-state index is -0.520. The van der Waals surface area contributed by atoms with Crippen LogP contribution in [0.4, 0.5) is 0 Å². The van der Waals surface area contributed by atoms with E-state index in [2.05, 4.69) is 20.8 Å². The maximum absolute atomic E-state index is 9.63. The van der Waals surface area contributed by atoms with E-state index in [1.165, 1.54) is 0 Å². The van der Waals surface area contributed by atoms with Crippen LogP contribution in [-0.2, 0) is 0 Å². The predicted molar refractivity (Wildman–Crippen MR) is 53.4 cm³/mol. The molecule has 1 aliphatic carbocycles. The number of aliphatic hydroxyl groups is 2. The molecule has 4 unspecified atom stereocenters. The Morgan fingerprint density at radius 2 is 1.62 bits per heavy atom. The Hall–Kier alpha value is -0.0800. The minimum Gasteiger partial charge on any atom is -0.390 e. The van der Waals surface area contributed by atoms with Gasteiger partial charge in [-0.2, -0.15) is 0 Å². The Balaban J connectivity index is 2.64. The van der Waals surface area contributed by atoms with Crippen molar-refractivity contribution in [2.24, 2.45) is 17.3 Å². The summed E-state index contributed by atoms with van der Waals surface area (Å²) in [7, 11) is 0. The van der Waals surface area contributed by atoms with E-state index in [0.717, 1.165) is 12.8 Å². The van der Waals surface area contributed by atoms with E-state index < -0.39 is 12.2 Å². The Kier molecular flexibility index (Phi) is 3.03. The summed E-state index contributed by atoms with van der Waals surface area (Å²) in [6.07, 6.45) is 0.739. The van der Waals surface area contributed by atoms with Crippen molar-refractivity contribution in [3.05, 3.63) is 0 Å². The third-order valence-electron chi connectivity index (χ3n) is 3.38. The monoisotopic (exact) mass is 186 g/mol. The van der Waals surface area contributed by atoms with Crippen LogP contribution in [0.15, 0.2) is 0 Å². The maximum atomic E-state index is 9.63. The molecule has 0 aromatic rings. The lowest BCUT2D eigenvalue weighted by Gasteiger charge is -2.41. The van der Waals surface area contributed by atoms with Crippen molar-refractivity contribution < 1.29 is 10.2 Å². The normalized spacial score (nSPS) is 42.0. The van der Waals surface area contributed by atoms with Crippen molar-refractivity contribution in [3.8, 4) is 0 Å². The van der Waals surface area contributed by atoms with Crippen molar-refractivity contribution in [2.75, 3.05) is 0 Å². The lowest BCUT2D eigenvalue weighted by atomic mass is 9.68. The van der Waals surface area contributed by atoms with Gasteiger partial charge in [0.2, 0.25) is 0 Å². The molecular weight excluding hydrogens is 164 g/mol. The molecule has 13 heavy (non-hydrogen) atoms. The molecule has 0 aromatic heterocycles. The van der Waals surface area contributed by atoms with Crippen LogP contribution in [0.5, 0.6) is 0 Å². The first kappa shape index (κ1) is 11.0. The summed E-state index contributed by atoms with van der Waals surface area (Å²) >= 11 is 0. The highest BCUT2D eigenvalue weighted by molar-refractivity contribution is 4.88. The van der Waals surface area contributed by atoms with E-state index >= 15 is 0 Å². The van der Waals surface area contributed by atoms with Gasteiger partial charge in [-0.1, -0.05) is 27.7 Å². The minimum absolute atomic E-state index is 0.230. The average molecular weight is 186 g/mol. The first-order valence-corrected chi connectivity index (χ1v) is 5.18. The van der Waals surface area contributed by atoms with Gasteiger partial charge in [0.1, 0.15) is 0 Å². The summed E-state index contributed by atoms with van der Waals surface area (Å²) in [6, 6.07) is 0. The second kappa shape index (κ2) is 3.58. The first-order chi connectivity index (χ1) is 5.82. The first-order valence-electron chi connectivity index (χ1n) is 5.18. The largest absolute Gasteiger partial charge is 0.390 e. The summed E-state index contributed by atoms with van der Waals surface area (Å²) in [4.78, 5) is 0. The van der Waals surface area contributed by atoms with Gasteiger partial charge >= 0.3 is 0 Å². The van der Waals surface area contributed by atoms with Crippen LogP contribution in [0.2, 0.25) is 0 Å². The van der Waals surface area contributed by atoms with Crippen molar-refractivity contribution in [3.63, 3.8) is 0 Å². The highest BCUT2D eigenvalue weighted by Crippen LogP contribution is 2.40. The zero-order valence-corrected chi connectivity index (χ0v) is 9.12. The van der Waals surface area contributed by atoms with Crippen molar-refractivity contribution in [1.29, 1.82) is 0 Å².